The van der Waals surface area contributed by atoms with E-state index < -0.39 is 10.0 Å². The monoisotopic (exact) mass is 352 g/mol. The maximum absolute atomic E-state index is 12.1. The van der Waals surface area contributed by atoms with Gasteiger partial charge in [-0.3, -0.25) is 9.10 Å². The van der Waals surface area contributed by atoms with Gasteiger partial charge >= 0.3 is 0 Å². The molecule has 0 bridgehead atoms. The Morgan fingerprint density at radius 2 is 1.87 bits per heavy atom. The number of carbonyl (C=O) groups is 1. The molecule has 8 heteroatoms. The molecule has 0 saturated carbocycles. The first-order chi connectivity index (χ1) is 10.8. The zero-order valence-corrected chi connectivity index (χ0v) is 14.3. The van der Waals surface area contributed by atoms with Gasteiger partial charge in [0.2, 0.25) is 10.0 Å². The van der Waals surface area contributed by atoms with Crippen LogP contribution in [-0.4, -0.2) is 33.3 Å². The molecule has 122 valence electrons. The Kier molecular flexibility index (Phi) is 5.27. The second-order valence-electron chi connectivity index (χ2n) is 4.85. The molecule has 0 aliphatic rings. The number of anilines is 1. The summed E-state index contributed by atoms with van der Waals surface area (Å²) in [6.45, 7) is 0. The van der Waals surface area contributed by atoms with Gasteiger partial charge in [-0.15, -0.1) is 0 Å². The summed E-state index contributed by atoms with van der Waals surface area (Å²) in [4.78, 5) is 12.1. The lowest BCUT2D eigenvalue weighted by Gasteiger charge is -2.16. The smallest absolute Gasteiger partial charge is 0.251 e. The molecule has 1 aromatic carbocycles. The zero-order valence-electron chi connectivity index (χ0n) is 12.7. The van der Waals surface area contributed by atoms with Crippen LogP contribution in [0.2, 0.25) is 0 Å². The second-order valence-corrected chi connectivity index (χ2v) is 7.86. The van der Waals surface area contributed by atoms with Gasteiger partial charge in [0.05, 0.1) is 17.7 Å². The van der Waals surface area contributed by atoms with Crippen LogP contribution >= 0.6 is 11.8 Å². The maximum atomic E-state index is 12.1. The number of ketones is 1. The zero-order chi connectivity index (χ0) is 17.0. The molecule has 0 amide bonds. The molecule has 0 atom stereocenters. The second kappa shape index (κ2) is 7.01. The van der Waals surface area contributed by atoms with E-state index >= 15 is 0 Å². The SMILES string of the molecule is CN(c1ccc(C(=O)CSc2cccc[n+]2[O-])cc1)S(C)(=O)=O. The summed E-state index contributed by atoms with van der Waals surface area (Å²) in [5.41, 5.74) is 0.952. The lowest BCUT2D eigenvalue weighted by atomic mass is 10.1. The average Bonchev–Trinajstić information content (AvgIpc) is 2.52. The number of rotatable bonds is 6. The highest BCUT2D eigenvalue weighted by Crippen LogP contribution is 2.19. The largest absolute Gasteiger partial charge is 0.618 e. The van der Waals surface area contributed by atoms with Gasteiger partial charge < -0.3 is 5.21 Å². The molecule has 23 heavy (non-hydrogen) atoms. The molecule has 2 rings (SSSR count). The summed E-state index contributed by atoms with van der Waals surface area (Å²) < 4.78 is 24.8. The van der Waals surface area contributed by atoms with Gasteiger partial charge in [-0.2, -0.15) is 4.73 Å². The molecule has 0 unspecified atom stereocenters. The van der Waals surface area contributed by atoms with E-state index in [1.807, 2.05) is 0 Å². The minimum atomic E-state index is -3.33. The Bertz CT molecular complexity index is 804. The summed E-state index contributed by atoms with van der Waals surface area (Å²) in [5.74, 6) is 0.000430. The number of pyridine rings is 1. The molecular formula is C15H16N2O4S2. The third-order valence-electron chi connectivity index (χ3n) is 3.19. The maximum Gasteiger partial charge on any atom is 0.251 e. The normalized spacial score (nSPS) is 11.2. The van der Waals surface area contributed by atoms with E-state index in [-0.39, 0.29) is 11.5 Å². The van der Waals surface area contributed by atoms with Gasteiger partial charge in [-0.25, -0.2) is 8.42 Å². The molecule has 0 fully saturated rings. The Morgan fingerprint density at radius 1 is 1.22 bits per heavy atom. The highest BCUT2D eigenvalue weighted by molar-refractivity contribution is 7.99. The lowest BCUT2D eigenvalue weighted by Crippen LogP contribution is -2.28. The van der Waals surface area contributed by atoms with Crippen molar-refractivity contribution in [2.24, 2.45) is 0 Å². The Balaban J connectivity index is 2.05. The molecule has 0 saturated heterocycles. The van der Waals surface area contributed by atoms with Gasteiger partial charge in [-0.05, 0) is 42.1 Å². The van der Waals surface area contributed by atoms with Crippen LogP contribution in [0, 0.1) is 5.21 Å². The van der Waals surface area contributed by atoms with Gasteiger partial charge in [0.1, 0.15) is 0 Å². The van der Waals surface area contributed by atoms with Crippen molar-refractivity contribution in [3.63, 3.8) is 0 Å². The standard InChI is InChI=1S/C15H16N2O4S2/c1-16(23(2,20)21)13-8-6-12(7-9-13)14(18)11-22-15-5-3-4-10-17(15)19/h3-10H,11H2,1-2H3. The van der Waals surface area contributed by atoms with Gasteiger partial charge in [-0.1, -0.05) is 0 Å². The Labute approximate surface area is 139 Å². The van der Waals surface area contributed by atoms with Crippen LogP contribution in [0.3, 0.4) is 0 Å². The van der Waals surface area contributed by atoms with Crippen molar-refractivity contribution in [3.8, 4) is 0 Å². The number of sulfonamides is 1. The first-order valence-corrected chi connectivity index (χ1v) is 9.50. The molecule has 6 nitrogen and oxygen atoms in total. The van der Waals surface area contributed by atoms with E-state index in [4.69, 9.17) is 0 Å². The van der Waals surface area contributed by atoms with Crippen molar-refractivity contribution < 1.29 is 17.9 Å². The van der Waals surface area contributed by atoms with Crippen molar-refractivity contribution in [1.29, 1.82) is 0 Å². The average molecular weight is 352 g/mol. The molecule has 0 spiro atoms. The van der Waals surface area contributed by atoms with Crippen LogP contribution in [0.4, 0.5) is 5.69 Å². The fraction of sp³-hybridized carbons (Fsp3) is 0.200. The van der Waals surface area contributed by atoms with Crippen molar-refractivity contribution in [3.05, 3.63) is 59.4 Å². The van der Waals surface area contributed by atoms with Crippen molar-refractivity contribution in [2.45, 2.75) is 5.03 Å². The number of Topliss-reactive ketones (excluding diaryl/α,β-unsaturated/α-hetero) is 1. The highest BCUT2D eigenvalue weighted by atomic mass is 32.2. The van der Waals surface area contributed by atoms with Gasteiger partial charge in [0, 0.05) is 24.7 Å². The number of aromatic nitrogens is 1. The van der Waals surface area contributed by atoms with Gasteiger partial charge in [0.15, 0.2) is 12.0 Å². The lowest BCUT2D eigenvalue weighted by molar-refractivity contribution is -0.645. The number of hydrogen-bond acceptors (Lipinski definition) is 5. The van der Waals surface area contributed by atoms with Crippen molar-refractivity contribution >= 4 is 33.3 Å². The number of hydrogen-bond donors (Lipinski definition) is 0. The molecule has 2 aromatic rings. The molecule has 0 radical (unpaired) electrons. The fourth-order valence-corrected chi connectivity index (χ4v) is 3.11. The Morgan fingerprint density at radius 3 is 2.43 bits per heavy atom. The van der Waals surface area contributed by atoms with E-state index in [2.05, 4.69) is 0 Å². The molecule has 0 aliphatic carbocycles. The predicted octanol–water partition coefficient (Wildman–Crippen LogP) is 1.69. The number of nitrogens with zero attached hydrogens (tertiary/aromatic N) is 2. The first kappa shape index (κ1) is 17.3. The first-order valence-electron chi connectivity index (χ1n) is 6.67. The summed E-state index contributed by atoms with van der Waals surface area (Å²) in [6, 6.07) is 11.3. The molecule has 0 aliphatic heterocycles. The summed E-state index contributed by atoms with van der Waals surface area (Å²) in [7, 11) is -1.88. The van der Waals surface area contributed by atoms with Crippen LogP contribution in [0.25, 0.3) is 0 Å². The third kappa shape index (κ3) is 4.46. The fourth-order valence-electron chi connectivity index (χ4n) is 1.80. The quantitative estimate of drug-likeness (QED) is 0.342. The van der Waals surface area contributed by atoms with E-state index in [9.17, 15) is 18.4 Å². The molecule has 1 aromatic heterocycles. The predicted molar refractivity (Wildman–Crippen MR) is 90.1 cm³/mol. The van der Waals surface area contributed by atoms with Gasteiger partial charge in [0.25, 0.3) is 5.03 Å². The number of benzene rings is 1. The van der Waals surface area contributed by atoms with Crippen LogP contribution in [-0.2, 0) is 10.0 Å². The summed E-state index contributed by atoms with van der Waals surface area (Å²) in [6.07, 6.45) is 2.49. The van der Waals surface area contributed by atoms with Crippen molar-refractivity contribution in [1.82, 2.24) is 0 Å². The van der Waals surface area contributed by atoms with Crippen LogP contribution in [0.15, 0.2) is 53.7 Å². The molecular weight excluding hydrogens is 336 g/mol. The van der Waals surface area contributed by atoms with Crippen molar-refractivity contribution in [2.75, 3.05) is 23.4 Å². The minimum absolute atomic E-state index is 0.132. The summed E-state index contributed by atoms with van der Waals surface area (Å²) in [5, 5.41) is 12.0. The van der Waals surface area contributed by atoms with Crippen LogP contribution in [0.5, 0.6) is 0 Å². The summed E-state index contributed by atoms with van der Waals surface area (Å²) >= 11 is 1.16. The molecule has 1 heterocycles. The van der Waals surface area contributed by atoms with E-state index in [1.54, 1.807) is 42.5 Å². The van der Waals surface area contributed by atoms with Crippen LogP contribution < -0.4 is 9.04 Å². The molecule has 0 N–H and O–H groups in total. The topological polar surface area (TPSA) is 81.4 Å². The number of thioether (sulfide) groups is 1. The number of carbonyl (C=O) groups excluding carboxylic acids is 1. The minimum Gasteiger partial charge on any atom is -0.618 e. The van der Waals surface area contributed by atoms with Crippen LogP contribution in [0.1, 0.15) is 10.4 Å². The van der Waals surface area contributed by atoms with E-state index in [1.165, 1.54) is 13.2 Å². The highest BCUT2D eigenvalue weighted by Gasteiger charge is 2.14. The van der Waals surface area contributed by atoms with E-state index in [0.717, 1.165) is 22.3 Å². The Hall–Kier alpha value is -2.06. The van der Waals surface area contributed by atoms with E-state index in [0.29, 0.717) is 21.0 Å². The third-order valence-corrected chi connectivity index (χ3v) is 5.41.